The summed E-state index contributed by atoms with van der Waals surface area (Å²) >= 11 is 5.92. The molecule has 1 aliphatic carbocycles. The number of rotatable bonds is 3. The van der Waals surface area contributed by atoms with Crippen LogP contribution in [0.3, 0.4) is 0 Å². The van der Waals surface area contributed by atoms with Gasteiger partial charge in [0.05, 0.1) is 15.6 Å². The molecule has 1 saturated carbocycles. The lowest BCUT2D eigenvalue weighted by molar-refractivity contribution is -0.384. The monoisotopic (exact) mass is 297 g/mol. The number of nitro groups is 1. The summed E-state index contributed by atoms with van der Waals surface area (Å²) in [6, 6.07) is 3.74. The number of halogens is 1. The van der Waals surface area contributed by atoms with Crippen LogP contribution < -0.4 is 10.6 Å². The molecule has 1 fully saturated rings. The zero-order chi connectivity index (χ0) is 14.5. The van der Waals surface area contributed by atoms with Crippen LogP contribution in [0.15, 0.2) is 18.2 Å². The Bertz CT molecular complexity index is 516. The van der Waals surface area contributed by atoms with Crippen molar-refractivity contribution in [3.05, 3.63) is 33.3 Å². The maximum absolute atomic E-state index is 11.9. The Balaban J connectivity index is 1.99. The van der Waals surface area contributed by atoms with Gasteiger partial charge in [-0.1, -0.05) is 30.9 Å². The van der Waals surface area contributed by atoms with Gasteiger partial charge in [-0.15, -0.1) is 0 Å². The summed E-state index contributed by atoms with van der Waals surface area (Å²) in [4.78, 5) is 22.0. The van der Waals surface area contributed by atoms with Crippen LogP contribution in [-0.2, 0) is 0 Å². The molecular formula is C13H16ClN3O3. The fourth-order valence-corrected chi connectivity index (χ4v) is 2.48. The maximum atomic E-state index is 11.9. The fraction of sp³-hybridized carbons (Fsp3) is 0.462. The molecule has 6 nitrogen and oxygen atoms in total. The van der Waals surface area contributed by atoms with Crippen LogP contribution in [0, 0.1) is 10.1 Å². The number of nitrogens with one attached hydrogen (secondary N) is 2. The Morgan fingerprint density at radius 1 is 1.30 bits per heavy atom. The lowest BCUT2D eigenvalue weighted by atomic mass is 9.96. The summed E-state index contributed by atoms with van der Waals surface area (Å²) in [7, 11) is 0. The third-order valence-electron chi connectivity index (χ3n) is 3.35. The first-order valence-electron chi connectivity index (χ1n) is 6.58. The number of non-ortho nitro benzene ring substituents is 1. The molecule has 1 aromatic rings. The van der Waals surface area contributed by atoms with Crippen molar-refractivity contribution in [1.82, 2.24) is 5.32 Å². The minimum absolute atomic E-state index is 0.109. The topological polar surface area (TPSA) is 84.3 Å². The van der Waals surface area contributed by atoms with E-state index in [1.54, 1.807) is 0 Å². The summed E-state index contributed by atoms with van der Waals surface area (Å²) in [6.45, 7) is 0. The summed E-state index contributed by atoms with van der Waals surface area (Å²) in [6.07, 6.45) is 5.37. The second-order valence-corrected chi connectivity index (χ2v) is 5.26. The van der Waals surface area contributed by atoms with Gasteiger partial charge in [0.1, 0.15) is 0 Å². The van der Waals surface area contributed by atoms with Crippen molar-refractivity contribution in [3.63, 3.8) is 0 Å². The van der Waals surface area contributed by atoms with E-state index in [0.717, 1.165) is 25.7 Å². The molecule has 108 valence electrons. The maximum Gasteiger partial charge on any atom is 0.319 e. The molecule has 2 N–H and O–H groups in total. The van der Waals surface area contributed by atoms with Gasteiger partial charge in [0.2, 0.25) is 0 Å². The van der Waals surface area contributed by atoms with E-state index in [1.165, 1.54) is 24.6 Å². The zero-order valence-corrected chi connectivity index (χ0v) is 11.7. The highest BCUT2D eigenvalue weighted by Crippen LogP contribution is 2.26. The van der Waals surface area contributed by atoms with E-state index in [0.29, 0.717) is 0 Å². The first-order chi connectivity index (χ1) is 9.56. The molecule has 0 spiro atoms. The first-order valence-corrected chi connectivity index (χ1v) is 6.95. The van der Waals surface area contributed by atoms with Crippen LogP contribution in [0.1, 0.15) is 32.1 Å². The van der Waals surface area contributed by atoms with Crippen molar-refractivity contribution in [1.29, 1.82) is 0 Å². The Morgan fingerprint density at radius 3 is 2.65 bits per heavy atom. The van der Waals surface area contributed by atoms with Gasteiger partial charge in [0, 0.05) is 18.2 Å². The summed E-state index contributed by atoms with van der Waals surface area (Å²) in [5.74, 6) is 0. The first kappa shape index (κ1) is 14.6. The van der Waals surface area contributed by atoms with Crippen molar-refractivity contribution < 1.29 is 9.72 Å². The highest BCUT2D eigenvalue weighted by molar-refractivity contribution is 6.33. The normalized spacial score (nSPS) is 15.7. The van der Waals surface area contributed by atoms with Gasteiger partial charge in [0.15, 0.2) is 0 Å². The summed E-state index contributed by atoms with van der Waals surface area (Å²) in [5, 5.41) is 16.4. The lowest BCUT2D eigenvalue weighted by Crippen LogP contribution is -2.39. The van der Waals surface area contributed by atoms with Crippen molar-refractivity contribution in [3.8, 4) is 0 Å². The standard InChI is InChI=1S/C13H16ClN3O3/c14-11-7-6-10(17(19)20)8-12(11)16-13(18)15-9-4-2-1-3-5-9/h6-9H,1-5H2,(H2,15,16,18). The van der Waals surface area contributed by atoms with Crippen molar-refractivity contribution in [2.75, 3.05) is 5.32 Å². The molecule has 20 heavy (non-hydrogen) atoms. The Labute approximate surface area is 121 Å². The molecule has 0 aromatic heterocycles. The van der Waals surface area contributed by atoms with Crippen LogP contribution in [0.25, 0.3) is 0 Å². The number of nitro benzene ring substituents is 1. The second kappa shape index (κ2) is 6.56. The molecule has 1 aromatic carbocycles. The average molecular weight is 298 g/mol. The Kier molecular flexibility index (Phi) is 4.79. The van der Waals surface area contributed by atoms with E-state index in [2.05, 4.69) is 10.6 Å². The fourth-order valence-electron chi connectivity index (χ4n) is 2.31. The molecule has 0 atom stereocenters. The highest BCUT2D eigenvalue weighted by Gasteiger charge is 2.17. The van der Waals surface area contributed by atoms with E-state index >= 15 is 0 Å². The number of amides is 2. The van der Waals surface area contributed by atoms with Crippen LogP contribution in [-0.4, -0.2) is 17.0 Å². The molecule has 1 aliphatic rings. The lowest BCUT2D eigenvalue weighted by Gasteiger charge is -2.22. The number of benzene rings is 1. The van der Waals surface area contributed by atoms with Crippen molar-refractivity contribution in [2.24, 2.45) is 0 Å². The van der Waals surface area contributed by atoms with Gasteiger partial charge >= 0.3 is 6.03 Å². The minimum Gasteiger partial charge on any atom is -0.335 e. The highest BCUT2D eigenvalue weighted by atomic mass is 35.5. The predicted molar refractivity (Wildman–Crippen MR) is 77.1 cm³/mol. The molecular weight excluding hydrogens is 282 g/mol. The van der Waals surface area contributed by atoms with E-state index in [9.17, 15) is 14.9 Å². The third kappa shape index (κ3) is 3.84. The van der Waals surface area contributed by atoms with Gasteiger partial charge in [-0.25, -0.2) is 4.79 Å². The predicted octanol–water partition coefficient (Wildman–Crippen LogP) is 3.70. The number of urea groups is 1. The van der Waals surface area contributed by atoms with Crippen molar-refractivity contribution in [2.45, 2.75) is 38.1 Å². The number of carbonyl (C=O) groups excluding carboxylic acids is 1. The molecule has 0 unspecified atom stereocenters. The van der Waals surface area contributed by atoms with Crippen LogP contribution in [0.4, 0.5) is 16.2 Å². The van der Waals surface area contributed by atoms with Crippen molar-refractivity contribution >= 4 is 29.0 Å². The summed E-state index contributed by atoms with van der Waals surface area (Å²) < 4.78 is 0. The van der Waals surface area contributed by atoms with E-state index in [-0.39, 0.29) is 28.5 Å². The van der Waals surface area contributed by atoms with Crippen LogP contribution >= 0.6 is 11.6 Å². The summed E-state index contributed by atoms with van der Waals surface area (Å²) in [5.41, 5.74) is 0.136. The number of hydrogen-bond acceptors (Lipinski definition) is 3. The minimum atomic E-state index is -0.527. The van der Waals surface area contributed by atoms with Crippen LogP contribution in [0.2, 0.25) is 5.02 Å². The molecule has 0 aliphatic heterocycles. The van der Waals surface area contributed by atoms with Gasteiger partial charge in [-0.2, -0.15) is 0 Å². The number of nitrogens with zero attached hydrogens (tertiary/aromatic N) is 1. The molecule has 7 heteroatoms. The van der Waals surface area contributed by atoms with E-state index in [4.69, 9.17) is 11.6 Å². The largest absolute Gasteiger partial charge is 0.335 e. The SMILES string of the molecule is O=C(Nc1cc([N+](=O)[O-])ccc1Cl)NC1CCCCC1. The third-order valence-corrected chi connectivity index (χ3v) is 3.68. The second-order valence-electron chi connectivity index (χ2n) is 4.85. The average Bonchev–Trinajstić information content (AvgIpc) is 2.42. The number of carbonyl (C=O) groups is 1. The zero-order valence-electron chi connectivity index (χ0n) is 10.9. The Morgan fingerprint density at radius 2 is 2.00 bits per heavy atom. The van der Waals surface area contributed by atoms with Crippen LogP contribution in [0.5, 0.6) is 0 Å². The number of hydrogen-bond donors (Lipinski definition) is 2. The Hall–Kier alpha value is -1.82. The number of anilines is 1. The molecule has 0 heterocycles. The van der Waals surface area contributed by atoms with Gasteiger partial charge < -0.3 is 10.6 Å². The molecule has 0 saturated heterocycles. The smallest absolute Gasteiger partial charge is 0.319 e. The molecule has 2 amide bonds. The van der Waals surface area contributed by atoms with Gasteiger partial charge in [0.25, 0.3) is 5.69 Å². The molecule has 0 radical (unpaired) electrons. The van der Waals surface area contributed by atoms with E-state index < -0.39 is 4.92 Å². The molecule has 0 bridgehead atoms. The van der Waals surface area contributed by atoms with Gasteiger partial charge in [-0.05, 0) is 18.9 Å². The van der Waals surface area contributed by atoms with E-state index in [1.807, 2.05) is 0 Å². The quantitative estimate of drug-likeness (QED) is 0.659. The molecule has 2 rings (SSSR count). The van der Waals surface area contributed by atoms with Gasteiger partial charge in [-0.3, -0.25) is 10.1 Å².